The molecule has 8 nitrogen and oxygen atoms in total. The van der Waals surface area contributed by atoms with Gasteiger partial charge in [0.15, 0.2) is 10.6 Å². The van der Waals surface area contributed by atoms with Crippen molar-refractivity contribution in [1.29, 1.82) is 0 Å². The summed E-state index contributed by atoms with van der Waals surface area (Å²) in [5.41, 5.74) is 0.948. The Hall–Kier alpha value is -3.50. The minimum Gasteiger partial charge on any atom is -0.508 e. The first-order valence-corrected chi connectivity index (χ1v) is 11.4. The predicted molar refractivity (Wildman–Crippen MR) is 125 cm³/mol. The fourth-order valence-electron chi connectivity index (χ4n) is 3.92. The Labute approximate surface area is 199 Å². The topological polar surface area (TPSA) is 110 Å². The molecule has 1 aliphatic heterocycles. The van der Waals surface area contributed by atoms with E-state index >= 15 is 0 Å². The Kier molecular flexibility index (Phi) is 5.06. The molecule has 0 saturated carbocycles. The van der Waals surface area contributed by atoms with Crippen LogP contribution in [0, 0.1) is 6.92 Å². The van der Waals surface area contributed by atoms with E-state index in [9.17, 15) is 19.5 Å². The van der Waals surface area contributed by atoms with Crippen LogP contribution in [0.2, 0.25) is 0 Å². The van der Waals surface area contributed by atoms with Crippen molar-refractivity contribution in [3.05, 3.63) is 84.6 Å². The van der Waals surface area contributed by atoms with Crippen LogP contribution in [0.25, 0.3) is 11.0 Å². The second-order valence-electron chi connectivity index (χ2n) is 7.39. The highest BCUT2D eigenvalue weighted by atomic mass is 79.9. The molecule has 1 unspecified atom stereocenters. The van der Waals surface area contributed by atoms with Crippen molar-refractivity contribution in [2.75, 3.05) is 12.0 Å². The predicted octanol–water partition coefficient (Wildman–Crippen LogP) is 4.56. The molecule has 0 aliphatic carbocycles. The van der Waals surface area contributed by atoms with Crippen LogP contribution in [0.15, 0.2) is 56.1 Å². The number of benzene rings is 2. The lowest BCUT2D eigenvalue weighted by atomic mass is 9.98. The molecule has 166 valence electrons. The molecule has 0 spiro atoms. The highest BCUT2D eigenvalue weighted by molar-refractivity contribution is 9.10. The zero-order valence-corrected chi connectivity index (χ0v) is 19.7. The number of methoxy groups -OCH3 is 1. The minimum atomic E-state index is -0.907. The third-order valence-electron chi connectivity index (χ3n) is 5.38. The molecule has 10 heteroatoms. The zero-order valence-electron chi connectivity index (χ0n) is 17.3. The van der Waals surface area contributed by atoms with E-state index in [0.717, 1.165) is 11.3 Å². The molecule has 2 aromatic carbocycles. The highest BCUT2D eigenvalue weighted by Gasteiger charge is 2.45. The molecule has 1 amide bonds. The number of ether oxygens (including phenoxy) is 1. The maximum Gasteiger partial charge on any atom is 0.350 e. The third kappa shape index (κ3) is 3.33. The number of fused-ring (bicyclic) bond motifs is 2. The molecule has 0 radical (unpaired) electrons. The van der Waals surface area contributed by atoms with Crippen LogP contribution in [0.3, 0.4) is 0 Å². The first-order valence-electron chi connectivity index (χ1n) is 9.74. The first kappa shape index (κ1) is 21.4. The number of carbonyl (C=O) groups is 2. The summed E-state index contributed by atoms with van der Waals surface area (Å²) >= 11 is 4.35. The number of phenolic OH excluding ortho intramolecular Hbond substituents is 1. The summed E-state index contributed by atoms with van der Waals surface area (Å²) in [4.78, 5) is 45.3. The van der Waals surface area contributed by atoms with Crippen molar-refractivity contribution in [2.45, 2.75) is 13.0 Å². The van der Waals surface area contributed by atoms with Gasteiger partial charge in [0.2, 0.25) is 5.76 Å². The molecule has 5 rings (SSSR count). The molecule has 0 bridgehead atoms. The summed E-state index contributed by atoms with van der Waals surface area (Å²) in [6, 6.07) is 10.4. The Morgan fingerprint density at radius 2 is 2.03 bits per heavy atom. The molecule has 2 aromatic heterocycles. The van der Waals surface area contributed by atoms with Gasteiger partial charge >= 0.3 is 5.97 Å². The number of amides is 1. The number of hydrogen-bond acceptors (Lipinski definition) is 8. The Morgan fingerprint density at radius 1 is 1.24 bits per heavy atom. The van der Waals surface area contributed by atoms with Gasteiger partial charge in [0, 0.05) is 4.47 Å². The molecule has 0 saturated heterocycles. The number of carbonyl (C=O) groups excluding carboxylic acids is 2. The molecular formula is C23H15BrN2O6S. The molecular weight excluding hydrogens is 512 g/mol. The summed E-state index contributed by atoms with van der Waals surface area (Å²) < 4.78 is 11.4. The average molecular weight is 527 g/mol. The second kappa shape index (κ2) is 7.82. The van der Waals surface area contributed by atoms with E-state index in [1.165, 1.54) is 24.1 Å². The van der Waals surface area contributed by atoms with E-state index in [4.69, 9.17) is 9.15 Å². The van der Waals surface area contributed by atoms with Crippen molar-refractivity contribution in [2.24, 2.45) is 0 Å². The summed E-state index contributed by atoms with van der Waals surface area (Å²) in [7, 11) is 1.26. The standard InChI is InChI=1S/C23H15BrN2O6S/c1-10-20(22(30)31-2)33-23(25-10)26-17(11-4-3-5-13(27)8-11)16-18(28)14-9-12(24)6-7-15(14)32-19(16)21(26)29/h3-9,17,27H,1-2H3. The molecule has 1 aliphatic rings. The molecule has 1 N–H and O–H groups in total. The van der Waals surface area contributed by atoms with Gasteiger partial charge in [-0.3, -0.25) is 14.5 Å². The van der Waals surface area contributed by atoms with Gasteiger partial charge in [-0.1, -0.05) is 39.4 Å². The molecule has 3 heterocycles. The summed E-state index contributed by atoms with van der Waals surface area (Å²) in [6.07, 6.45) is 0. The van der Waals surface area contributed by atoms with E-state index in [2.05, 4.69) is 20.9 Å². The van der Waals surface area contributed by atoms with Crippen molar-refractivity contribution in [1.82, 2.24) is 4.98 Å². The van der Waals surface area contributed by atoms with Gasteiger partial charge < -0.3 is 14.3 Å². The van der Waals surface area contributed by atoms with Crippen LogP contribution in [0.1, 0.15) is 43.1 Å². The summed E-state index contributed by atoms with van der Waals surface area (Å²) in [5.74, 6) is -1.26. The number of aromatic nitrogens is 1. The van der Waals surface area contributed by atoms with Gasteiger partial charge in [0.25, 0.3) is 5.91 Å². The largest absolute Gasteiger partial charge is 0.508 e. The summed E-state index contributed by atoms with van der Waals surface area (Å²) in [6.45, 7) is 1.64. The smallest absolute Gasteiger partial charge is 0.350 e. The van der Waals surface area contributed by atoms with Crippen molar-refractivity contribution in [3.63, 3.8) is 0 Å². The lowest BCUT2D eigenvalue weighted by molar-refractivity contribution is 0.0605. The number of halogens is 1. The number of rotatable bonds is 3. The zero-order chi connectivity index (χ0) is 23.4. The number of aromatic hydroxyl groups is 1. The van der Waals surface area contributed by atoms with Gasteiger partial charge in [-0.25, -0.2) is 9.78 Å². The van der Waals surface area contributed by atoms with Crippen molar-refractivity contribution in [3.8, 4) is 5.75 Å². The average Bonchev–Trinajstić information content (AvgIpc) is 3.31. The van der Waals surface area contributed by atoms with Crippen LogP contribution in [-0.2, 0) is 4.74 Å². The van der Waals surface area contributed by atoms with Gasteiger partial charge in [-0.15, -0.1) is 0 Å². The minimum absolute atomic E-state index is 0.0214. The van der Waals surface area contributed by atoms with Crippen LogP contribution in [0.4, 0.5) is 5.13 Å². The normalized spacial score (nSPS) is 15.2. The maximum atomic E-state index is 13.6. The Bertz CT molecular complexity index is 1530. The van der Waals surface area contributed by atoms with Crippen LogP contribution in [0.5, 0.6) is 5.75 Å². The Balaban J connectivity index is 1.80. The van der Waals surface area contributed by atoms with Crippen LogP contribution in [-0.4, -0.2) is 29.1 Å². The first-order chi connectivity index (χ1) is 15.8. The van der Waals surface area contributed by atoms with Crippen LogP contribution < -0.4 is 10.3 Å². The number of nitrogens with zero attached hydrogens (tertiary/aromatic N) is 2. The number of hydrogen-bond donors (Lipinski definition) is 1. The van der Waals surface area contributed by atoms with E-state index in [0.29, 0.717) is 21.1 Å². The number of anilines is 1. The van der Waals surface area contributed by atoms with Gasteiger partial charge in [0.1, 0.15) is 16.2 Å². The SMILES string of the molecule is COC(=O)c1sc(N2C(=O)c3oc4ccc(Br)cc4c(=O)c3C2c2cccc(O)c2)nc1C. The quantitative estimate of drug-likeness (QED) is 0.389. The number of aryl methyl sites for hydroxylation is 1. The van der Waals surface area contributed by atoms with Crippen LogP contribution >= 0.6 is 27.3 Å². The van der Waals surface area contributed by atoms with Gasteiger partial charge in [-0.05, 0) is 42.8 Å². The third-order valence-corrected chi connectivity index (χ3v) is 7.01. The Morgan fingerprint density at radius 3 is 2.76 bits per heavy atom. The number of phenols is 1. The van der Waals surface area contributed by atoms with E-state index in [1.807, 2.05) is 0 Å². The van der Waals surface area contributed by atoms with E-state index in [-0.39, 0.29) is 38.1 Å². The lowest BCUT2D eigenvalue weighted by Crippen LogP contribution is -2.29. The fraction of sp³-hybridized carbons (Fsp3) is 0.130. The molecule has 33 heavy (non-hydrogen) atoms. The lowest BCUT2D eigenvalue weighted by Gasteiger charge is -2.22. The molecule has 1 atom stereocenters. The number of thiazole rings is 1. The second-order valence-corrected chi connectivity index (χ2v) is 9.28. The van der Waals surface area contributed by atoms with Gasteiger partial charge in [0.05, 0.1) is 29.8 Å². The molecule has 4 aromatic rings. The van der Waals surface area contributed by atoms with E-state index < -0.39 is 17.9 Å². The molecule has 0 fully saturated rings. The monoisotopic (exact) mass is 526 g/mol. The summed E-state index contributed by atoms with van der Waals surface area (Å²) in [5, 5.41) is 10.6. The number of esters is 1. The van der Waals surface area contributed by atoms with Crippen molar-refractivity contribution >= 4 is 55.2 Å². The highest BCUT2D eigenvalue weighted by Crippen LogP contribution is 2.43. The van der Waals surface area contributed by atoms with E-state index in [1.54, 1.807) is 37.3 Å². The van der Waals surface area contributed by atoms with Crippen molar-refractivity contribution < 1.29 is 23.8 Å². The fourth-order valence-corrected chi connectivity index (χ4v) is 5.29. The maximum absolute atomic E-state index is 13.6. The van der Waals surface area contributed by atoms with Gasteiger partial charge in [-0.2, -0.15) is 0 Å².